The van der Waals surface area contributed by atoms with Crippen molar-refractivity contribution < 1.29 is 18.8 Å². The van der Waals surface area contributed by atoms with Crippen LogP contribution in [0.4, 0.5) is 11.4 Å². The Balaban J connectivity index is 1.58. The summed E-state index contributed by atoms with van der Waals surface area (Å²) in [4.78, 5) is 33.9. The molecule has 146 valence electrons. The van der Waals surface area contributed by atoms with Gasteiger partial charge in [0.05, 0.1) is 17.6 Å². The number of rotatable bonds is 3. The molecule has 0 saturated carbocycles. The van der Waals surface area contributed by atoms with Crippen molar-refractivity contribution in [3.05, 3.63) is 83.8 Å². The van der Waals surface area contributed by atoms with Crippen LogP contribution in [0, 0.1) is 19.8 Å². The fourth-order valence-corrected chi connectivity index (χ4v) is 4.13. The first-order chi connectivity index (χ1) is 14.1. The van der Waals surface area contributed by atoms with Crippen molar-refractivity contribution in [1.29, 1.82) is 0 Å². The summed E-state index contributed by atoms with van der Waals surface area (Å²) >= 11 is 0. The monoisotopic (exact) mass is 388 g/mol. The van der Waals surface area contributed by atoms with Gasteiger partial charge in [-0.25, -0.2) is 9.96 Å². The number of amides is 2. The van der Waals surface area contributed by atoms with Crippen LogP contribution >= 0.6 is 0 Å². The number of hydrogen-bond donors (Lipinski definition) is 0. The van der Waals surface area contributed by atoms with Gasteiger partial charge in [-0.15, -0.1) is 0 Å². The second-order valence-electron chi connectivity index (χ2n) is 7.47. The number of aryl methyl sites for hydroxylation is 2. The number of nitrogens with zero attached hydrogens (tertiary/aromatic N) is 2. The summed E-state index contributed by atoms with van der Waals surface area (Å²) in [6.07, 6.45) is 0.677. The number of carbonyl (C=O) groups is 2. The Morgan fingerprint density at radius 3 is 2.31 bits per heavy atom. The van der Waals surface area contributed by atoms with Crippen LogP contribution in [-0.4, -0.2) is 17.9 Å². The summed E-state index contributed by atoms with van der Waals surface area (Å²) in [7, 11) is 0. The molecule has 0 radical (unpaired) electrons. The number of imide groups is 1. The Morgan fingerprint density at radius 2 is 1.62 bits per heavy atom. The predicted molar refractivity (Wildman–Crippen MR) is 107 cm³/mol. The third-order valence-electron chi connectivity index (χ3n) is 5.60. The number of hydrogen-bond acceptors (Lipinski definition) is 5. The van der Waals surface area contributed by atoms with Gasteiger partial charge in [0, 0.05) is 0 Å². The third kappa shape index (κ3) is 2.68. The number of benzene rings is 2. The quantitative estimate of drug-likeness (QED) is 0.636. The zero-order valence-corrected chi connectivity index (χ0v) is 16.1. The van der Waals surface area contributed by atoms with Crippen molar-refractivity contribution in [2.45, 2.75) is 26.0 Å². The van der Waals surface area contributed by atoms with E-state index in [1.165, 1.54) is 4.90 Å². The molecular formula is C23H20N2O4. The molecule has 29 heavy (non-hydrogen) atoms. The molecule has 0 unspecified atom stereocenters. The van der Waals surface area contributed by atoms with Crippen molar-refractivity contribution in [2.24, 2.45) is 5.92 Å². The van der Waals surface area contributed by atoms with Gasteiger partial charge >= 0.3 is 0 Å². The van der Waals surface area contributed by atoms with Crippen LogP contribution in [0.2, 0.25) is 0 Å². The second-order valence-corrected chi connectivity index (χ2v) is 7.47. The highest BCUT2D eigenvalue weighted by atomic mass is 16.7. The first-order valence-corrected chi connectivity index (χ1v) is 9.56. The normalized spacial score (nSPS) is 23.7. The van der Waals surface area contributed by atoms with E-state index in [0.29, 0.717) is 11.4 Å². The molecule has 5 rings (SSSR count). The van der Waals surface area contributed by atoms with E-state index in [0.717, 1.165) is 16.8 Å². The van der Waals surface area contributed by atoms with Crippen molar-refractivity contribution in [1.82, 2.24) is 0 Å². The first-order valence-electron chi connectivity index (χ1n) is 9.56. The highest BCUT2D eigenvalue weighted by Gasteiger charge is 2.61. The van der Waals surface area contributed by atoms with E-state index in [9.17, 15) is 9.59 Å². The van der Waals surface area contributed by atoms with Crippen LogP contribution in [0.1, 0.15) is 22.9 Å². The van der Waals surface area contributed by atoms with E-state index in [1.54, 1.807) is 29.5 Å². The zero-order valence-electron chi connectivity index (χ0n) is 16.1. The lowest BCUT2D eigenvalue weighted by atomic mass is 9.94. The van der Waals surface area contributed by atoms with E-state index in [1.807, 2.05) is 56.3 Å². The average molecular weight is 388 g/mol. The molecule has 2 aromatic carbocycles. The van der Waals surface area contributed by atoms with Crippen LogP contribution in [0.25, 0.3) is 0 Å². The van der Waals surface area contributed by atoms with Gasteiger partial charge in [0.15, 0.2) is 6.10 Å². The topological polar surface area (TPSA) is 63.0 Å². The Hall–Kier alpha value is -3.38. The number of hydroxylamine groups is 1. The van der Waals surface area contributed by atoms with E-state index in [-0.39, 0.29) is 11.8 Å². The van der Waals surface area contributed by atoms with Crippen LogP contribution in [0.3, 0.4) is 0 Å². The van der Waals surface area contributed by atoms with Gasteiger partial charge in [0.25, 0.3) is 5.91 Å². The smallest absolute Gasteiger partial charge is 0.266 e. The Labute approximate surface area is 168 Å². The summed E-state index contributed by atoms with van der Waals surface area (Å²) < 4.78 is 5.65. The maximum Gasteiger partial charge on any atom is 0.266 e. The largest absolute Gasteiger partial charge is 0.467 e. The molecule has 6 heteroatoms. The summed E-state index contributed by atoms with van der Waals surface area (Å²) in [5, 5.41) is 1.66. The minimum Gasteiger partial charge on any atom is -0.467 e. The molecule has 3 aromatic rings. The molecule has 1 aromatic heterocycles. The first kappa shape index (κ1) is 17.7. The van der Waals surface area contributed by atoms with E-state index in [2.05, 4.69) is 0 Å². The summed E-state index contributed by atoms with van der Waals surface area (Å²) in [5.74, 6) is -0.722. The molecule has 2 amide bonds. The molecule has 6 nitrogen and oxygen atoms in total. The molecule has 0 spiro atoms. The highest BCUT2D eigenvalue weighted by Crippen LogP contribution is 2.48. The van der Waals surface area contributed by atoms with Crippen molar-refractivity contribution >= 4 is 23.2 Å². The molecule has 2 aliphatic rings. The highest BCUT2D eigenvalue weighted by molar-refractivity contribution is 6.23. The van der Waals surface area contributed by atoms with Crippen LogP contribution in [0.5, 0.6) is 0 Å². The van der Waals surface area contributed by atoms with Gasteiger partial charge < -0.3 is 4.42 Å². The molecule has 2 aliphatic heterocycles. The SMILES string of the molecule is Cc1ccc(N2C(=O)[C@@H]3[C@H](ON(c4ccccc4C)[C@@H]3c3ccco3)C2=O)cc1. The molecule has 2 fully saturated rings. The minimum atomic E-state index is -0.890. The van der Waals surface area contributed by atoms with Gasteiger partial charge in [-0.3, -0.25) is 14.4 Å². The number of para-hydroxylation sites is 1. The lowest BCUT2D eigenvalue weighted by molar-refractivity contribution is -0.126. The lowest BCUT2D eigenvalue weighted by Crippen LogP contribution is -2.37. The number of carbonyl (C=O) groups excluding carboxylic acids is 2. The fourth-order valence-electron chi connectivity index (χ4n) is 4.13. The molecular weight excluding hydrogens is 368 g/mol. The molecule has 3 heterocycles. The van der Waals surface area contributed by atoms with Gasteiger partial charge in [0.1, 0.15) is 17.7 Å². The van der Waals surface area contributed by atoms with Gasteiger partial charge in [0.2, 0.25) is 5.91 Å². The fraction of sp³-hybridized carbons (Fsp3) is 0.217. The Kier molecular flexibility index (Phi) is 4.03. The summed E-state index contributed by atoms with van der Waals surface area (Å²) in [6, 6.07) is 18.1. The van der Waals surface area contributed by atoms with Crippen LogP contribution in [-0.2, 0) is 14.4 Å². The van der Waals surface area contributed by atoms with E-state index in [4.69, 9.17) is 9.25 Å². The number of fused-ring (bicyclic) bond motifs is 1. The van der Waals surface area contributed by atoms with E-state index >= 15 is 0 Å². The summed E-state index contributed by atoms with van der Waals surface area (Å²) in [5.41, 5.74) is 3.41. The third-order valence-corrected chi connectivity index (χ3v) is 5.60. The summed E-state index contributed by atoms with van der Waals surface area (Å²) in [6.45, 7) is 3.93. The van der Waals surface area contributed by atoms with Gasteiger partial charge in [-0.1, -0.05) is 35.9 Å². The minimum absolute atomic E-state index is 0.277. The standard InChI is InChI=1S/C23H20N2O4/c1-14-9-11-16(12-10-14)24-22(26)19-20(18-8-5-13-28-18)25(29-21(19)23(24)27)17-7-4-3-6-15(17)2/h3-13,19-21H,1-2H3/t19-,20+,21-/m0/s1. The van der Waals surface area contributed by atoms with Gasteiger partial charge in [-0.2, -0.15) is 0 Å². The lowest BCUT2D eigenvalue weighted by Gasteiger charge is -2.28. The van der Waals surface area contributed by atoms with Crippen molar-refractivity contribution in [3.8, 4) is 0 Å². The van der Waals surface area contributed by atoms with Gasteiger partial charge in [-0.05, 0) is 49.7 Å². The van der Waals surface area contributed by atoms with Crippen molar-refractivity contribution in [2.75, 3.05) is 9.96 Å². The van der Waals surface area contributed by atoms with Crippen molar-refractivity contribution in [3.63, 3.8) is 0 Å². The predicted octanol–water partition coefficient (Wildman–Crippen LogP) is 3.95. The number of anilines is 2. The van der Waals surface area contributed by atoms with Crippen LogP contribution in [0.15, 0.2) is 71.3 Å². The zero-order chi connectivity index (χ0) is 20.1. The number of furan rings is 1. The maximum atomic E-state index is 13.4. The Bertz CT molecular complexity index is 1070. The molecule has 2 saturated heterocycles. The van der Waals surface area contributed by atoms with Crippen LogP contribution < -0.4 is 9.96 Å². The van der Waals surface area contributed by atoms with E-state index < -0.39 is 18.1 Å². The molecule has 0 bridgehead atoms. The average Bonchev–Trinajstić information content (AvgIpc) is 3.41. The molecule has 3 atom stereocenters. The Morgan fingerprint density at radius 1 is 0.862 bits per heavy atom. The molecule has 0 aliphatic carbocycles. The second kappa shape index (κ2) is 6.60. The molecule has 0 N–H and O–H groups in total. The maximum absolute atomic E-state index is 13.4.